The van der Waals surface area contributed by atoms with E-state index < -0.39 is 6.36 Å². The Morgan fingerprint density at radius 3 is 2.24 bits per heavy atom. The summed E-state index contributed by atoms with van der Waals surface area (Å²) in [5.74, 6) is 0.402. The number of alkyl halides is 3. The van der Waals surface area contributed by atoms with Gasteiger partial charge in [0.25, 0.3) is 0 Å². The summed E-state index contributed by atoms with van der Waals surface area (Å²) in [4.78, 5) is 0. The number of ether oxygens (including phenoxy) is 1. The summed E-state index contributed by atoms with van der Waals surface area (Å²) in [6.07, 6.45) is 6.56. The molecule has 0 N–H and O–H groups in total. The van der Waals surface area contributed by atoms with Crippen LogP contribution in [0.3, 0.4) is 0 Å². The fraction of sp³-hybridized carbons (Fsp3) is 0.500. The van der Waals surface area contributed by atoms with E-state index in [2.05, 4.69) is 17.1 Å². The largest absolute Gasteiger partial charge is 0.573 e. The molecule has 1 nitrogen and oxygen atoms in total. The van der Waals surface area contributed by atoms with Crippen LogP contribution in [0.2, 0.25) is 0 Å². The van der Waals surface area contributed by atoms with E-state index in [0.717, 1.165) is 10.8 Å². The predicted octanol–water partition coefficient (Wildman–Crippen LogP) is 5.52. The van der Waals surface area contributed by atoms with E-state index in [9.17, 15) is 13.2 Å². The molecule has 0 radical (unpaired) electrons. The van der Waals surface area contributed by atoms with Crippen LogP contribution < -0.4 is 4.74 Å². The third-order valence-corrected chi connectivity index (χ3v) is 4.86. The molecule has 0 spiro atoms. The first-order valence-corrected chi connectivity index (χ1v) is 8.32. The highest BCUT2D eigenvalue weighted by Crippen LogP contribution is 2.31. The number of halogens is 3. The third kappa shape index (κ3) is 5.65. The third-order valence-electron chi connectivity index (χ3n) is 3.73. The van der Waals surface area contributed by atoms with Crippen LogP contribution in [0.5, 0.6) is 5.75 Å². The van der Waals surface area contributed by atoms with E-state index in [-0.39, 0.29) is 5.75 Å². The zero-order valence-corrected chi connectivity index (χ0v) is 12.7. The number of allylic oxidation sites excluding steroid dienone is 1. The number of thioether (sulfide) groups is 1. The fourth-order valence-electron chi connectivity index (χ4n) is 2.54. The van der Waals surface area contributed by atoms with Crippen LogP contribution in [0.1, 0.15) is 31.2 Å². The molecule has 1 aromatic rings. The maximum atomic E-state index is 12.1. The van der Waals surface area contributed by atoms with Gasteiger partial charge in [-0.15, -0.1) is 13.2 Å². The quantitative estimate of drug-likeness (QED) is 0.723. The topological polar surface area (TPSA) is 9.23 Å². The van der Waals surface area contributed by atoms with Crippen molar-refractivity contribution in [3.63, 3.8) is 0 Å². The molecule has 21 heavy (non-hydrogen) atoms. The van der Waals surface area contributed by atoms with Gasteiger partial charge in [-0.2, -0.15) is 11.8 Å². The minimum atomic E-state index is -4.63. The fourth-order valence-corrected chi connectivity index (χ4v) is 3.29. The Balaban J connectivity index is 1.87. The molecule has 2 rings (SSSR count). The van der Waals surface area contributed by atoms with Crippen LogP contribution in [0, 0.1) is 5.92 Å². The normalized spacial score (nSPS) is 23.4. The van der Waals surface area contributed by atoms with Crippen LogP contribution in [-0.2, 0) is 0 Å². The van der Waals surface area contributed by atoms with Gasteiger partial charge < -0.3 is 4.74 Å². The molecule has 0 atom stereocenters. The van der Waals surface area contributed by atoms with Crippen molar-refractivity contribution in [2.75, 3.05) is 6.26 Å². The van der Waals surface area contributed by atoms with E-state index in [1.165, 1.54) is 37.8 Å². The van der Waals surface area contributed by atoms with Gasteiger partial charge in [-0.05, 0) is 55.6 Å². The molecule has 5 heteroatoms. The molecular formula is C16H19F3OS. The summed E-state index contributed by atoms with van der Waals surface area (Å²) in [5.41, 5.74) is 0.900. The standard InChI is InChI=1S/C16H19F3OS/c1-21-15-10-6-13(7-11-15)3-2-12-4-8-14(9-5-12)20-16(17,18)19/h2-5,8-9,13,15H,6-7,10-11H2,1H3/b3-2+. The van der Waals surface area contributed by atoms with E-state index in [1.807, 2.05) is 17.8 Å². The van der Waals surface area contributed by atoms with Crippen molar-refractivity contribution in [3.8, 4) is 5.75 Å². The second-order valence-electron chi connectivity index (χ2n) is 5.25. The summed E-state index contributed by atoms with van der Waals surface area (Å²) >= 11 is 1.94. The molecule has 0 aromatic heterocycles. The van der Waals surface area contributed by atoms with Gasteiger partial charge in [-0.1, -0.05) is 24.3 Å². The molecule has 1 aromatic carbocycles. The first kappa shape index (κ1) is 16.3. The Hall–Kier alpha value is -1.10. The van der Waals surface area contributed by atoms with Gasteiger partial charge in [-0.3, -0.25) is 0 Å². The van der Waals surface area contributed by atoms with Gasteiger partial charge in [-0.25, -0.2) is 0 Å². The Morgan fingerprint density at radius 2 is 1.71 bits per heavy atom. The summed E-state index contributed by atoms with van der Waals surface area (Å²) in [6, 6.07) is 5.98. The Morgan fingerprint density at radius 1 is 1.10 bits per heavy atom. The minimum Gasteiger partial charge on any atom is -0.406 e. The first-order valence-electron chi connectivity index (χ1n) is 7.03. The highest BCUT2D eigenvalue weighted by atomic mass is 32.2. The van der Waals surface area contributed by atoms with Gasteiger partial charge in [0.15, 0.2) is 0 Å². The van der Waals surface area contributed by atoms with E-state index in [1.54, 1.807) is 12.1 Å². The van der Waals surface area contributed by atoms with Gasteiger partial charge in [0, 0.05) is 5.25 Å². The average Bonchev–Trinajstić information content (AvgIpc) is 2.45. The predicted molar refractivity (Wildman–Crippen MR) is 81.4 cm³/mol. The van der Waals surface area contributed by atoms with Crippen molar-refractivity contribution < 1.29 is 17.9 Å². The zero-order valence-electron chi connectivity index (χ0n) is 11.9. The first-order chi connectivity index (χ1) is 9.96. The second-order valence-corrected chi connectivity index (χ2v) is 6.39. The van der Waals surface area contributed by atoms with Gasteiger partial charge in [0.1, 0.15) is 5.75 Å². The van der Waals surface area contributed by atoms with Crippen LogP contribution in [-0.4, -0.2) is 17.9 Å². The molecular weight excluding hydrogens is 297 g/mol. The second kappa shape index (κ2) is 7.25. The van der Waals surface area contributed by atoms with Crippen LogP contribution >= 0.6 is 11.8 Å². The minimum absolute atomic E-state index is 0.180. The highest BCUT2D eigenvalue weighted by Gasteiger charge is 2.30. The summed E-state index contributed by atoms with van der Waals surface area (Å²) in [7, 11) is 0. The Labute approximate surface area is 127 Å². The summed E-state index contributed by atoms with van der Waals surface area (Å²) < 4.78 is 40.0. The molecule has 0 heterocycles. The van der Waals surface area contributed by atoms with Crippen molar-refractivity contribution in [1.29, 1.82) is 0 Å². The molecule has 0 amide bonds. The van der Waals surface area contributed by atoms with Crippen molar-refractivity contribution in [2.45, 2.75) is 37.3 Å². The Bertz CT molecular complexity index is 459. The molecule has 116 valence electrons. The van der Waals surface area contributed by atoms with Crippen molar-refractivity contribution in [2.24, 2.45) is 5.92 Å². The molecule has 0 unspecified atom stereocenters. The van der Waals surface area contributed by atoms with Crippen LogP contribution in [0.4, 0.5) is 13.2 Å². The lowest BCUT2D eigenvalue weighted by atomic mass is 9.88. The monoisotopic (exact) mass is 316 g/mol. The molecule has 0 bridgehead atoms. The van der Waals surface area contributed by atoms with E-state index in [0.29, 0.717) is 5.92 Å². The maximum absolute atomic E-state index is 12.1. The van der Waals surface area contributed by atoms with Crippen molar-refractivity contribution in [1.82, 2.24) is 0 Å². The van der Waals surface area contributed by atoms with Crippen LogP contribution in [0.25, 0.3) is 6.08 Å². The molecule has 1 fully saturated rings. The lowest BCUT2D eigenvalue weighted by molar-refractivity contribution is -0.274. The number of benzene rings is 1. The average molecular weight is 316 g/mol. The van der Waals surface area contributed by atoms with Gasteiger partial charge in [0.2, 0.25) is 0 Å². The summed E-state index contributed by atoms with van der Waals surface area (Å²) in [6.45, 7) is 0. The molecule has 1 aliphatic carbocycles. The SMILES string of the molecule is CSC1CCC(/C=C/c2ccc(OC(F)(F)F)cc2)CC1. The molecule has 0 aliphatic heterocycles. The highest BCUT2D eigenvalue weighted by molar-refractivity contribution is 7.99. The van der Waals surface area contributed by atoms with E-state index in [4.69, 9.17) is 0 Å². The van der Waals surface area contributed by atoms with Crippen LogP contribution in [0.15, 0.2) is 30.3 Å². The van der Waals surface area contributed by atoms with Gasteiger partial charge >= 0.3 is 6.36 Å². The van der Waals surface area contributed by atoms with Crippen molar-refractivity contribution in [3.05, 3.63) is 35.9 Å². The number of hydrogen-bond donors (Lipinski definition) is 0. The number of rotatable bonds is 4. The van der Waals surface area contributed by atoms with Crippen molar-refractivity contribution >= 4 is 17.8 Å². The molecule has 1 saturated carbocycles. The van der Waals surface area contributed by atoms with E-state index >= 15 is 0 Å². The molecule has 1 aliphatic rings. The Kier molecular flexibility index (Phi) is 5.62. The zero-order chi connectivity index (χ0) is 15.3. The lowest BCUT2D eigenvalue weighted by Gasteiger charge is -2.25. The van der Waals surface area contributed by atoms with Gasteiger partial charge in [0.05, 0.1) is 0 Å². The lowest BCUT2D eigenvalue weighted by Crippen LogP contribution is -2.16. The molecule has 0 saturated heterocycles. The maximum Gasteiger partial charge on any atom is 0.573 e. The smallest absolute Gasteiger partial charge is 0.406 e. The summed E-state index contributed by atoms with van der Waals surface area (Å²) in [5, 5.41) is 0.786. The number of hydrogen-bond acceptors (Lipinski definition) is 2.